The molecule has 0 radical (unpaired) electrons. The largest absolute Gasteiger partial charge is 0.334 e. The minimum atomic E-state index is 0.146. The first kappa shape index (κ1) is 17.1. The zero-order valence-electron chi connectivity index (χ0n) is 12.2. The van der Waals surface area contributed by atoms with E-state index < -0.39 is 0 Å². The van der Waals surface area contributed by atoms with Gasteiger partial charge >= 0.3 is 0 Å². The van der Waals surface area contributed by atoms with Crippen molar-refractivity contribution in [3.05, 3.63) is 64.3 Å². The molecule has 0 fully saturated rings. The Hall–Kier alpha value is -1.23. The molecule has 2 aromatic rings. The molecule has 0 saturated heterocycles. The number of carbonyl (C=O) groups excluding carboxylic acids is 1. The van der Waals surface area contributed by atoms with E-state index in [-0.39, 0.29) is 5.91 Å². The van der Waals surface area contributed by atoms with Gasteiger partial charge in [-0.3, -0.25) is 4.79 Å². The van der Waals surface area contributed by atoms with E-state index in [9.17, 15) is 4.79 Å². The Bertz CT molecular complexity index is 612. The van der Waals surface area contributed by atoms with E-state index in [2.05, 4.69) is 18.7 Å². The molecule has 1 heterocycles. The van der Waals surface area contributed by atoms with Gasteiger partial charge in [0, 0.05) is 28.5 Å². The highest BCUT2D eigenvalue weighted by molar-refractivity contribution is 7.99. The lowest BCUT2D eigenvalue weighted by Gasteiger charge is -2.20. The maximum atomic E-state index is 12.4. The number of thioether (sulfide) groups is 1. The molecule has 0 spiro atoms. The Morgan fingerprint density at radius 2 is 2.05 bits per heavy atom. The fourth-order valence-electron chi connectivity index (χ4n) is 1.97. The van der Waals surface area contributed by atoms with Crippen molar-refractivity contribution in [3.8, 4) is 0 Å². The first-order valence-corrected chi connectivity index (χ1v) is 9.18. The molecular formula is C17H18ClNOS2. The molecule has 2 nitrogen and oxygen atoms in total. The van der Waals surface area contributed by atoms with Crippen molar-refractivity contribution < 1.29 is 4.79 Å². The fraction of sp³-hybridized carbons (Fsp3) is 0.235. The topological polar surface area (TPSA) is 20.3 Å². The van der Waals surface area contributed by atoms with Crippen LogP contribution in [0.4, 0.5) is 0 Å². The quantitative estimate of drug-likeness (QED) is 0.487. The lowest BCUT2D eigenvalue weighted by Crippen LogP contribution is -2.30. The van der Waals surface area contributed by atoms with E-state index in [4.69, 9.17) is 11.6 Å². The molecule has 2 rings (SSSR count). The third kappa shape index (κ3) is 5.52. The van der Waals surface area contributed by atoms with Crippen LogP contribution in [0.1, 0.15) is 11.3 Å². The van der Waals surface area contributed by atoms with Crippen LogP contribution in [-0.4, -0.2) is 23.1 Å². The molecule has 0 aliphatic rings. The molecule has 0 N–H and O–H groups in total. The molecule has 1 amide bonds. The van der Waals surface area contributed by atoms with Crippen molar-refractivity contribution in [2.45, 2.75) is 17.9 Å². The van der Waals surface area contributed by atoms with Crippen LogP contribution in [0.25, 0.3) is 0 Å². The average molecular weight is 352 g/mol. The summed E-state index contributed by atoms with van der Waals surface area (Å²) in [6.07, 6.45) is 2.28. The van der Waals surface area contributed by atoms with Crippen LogP contribution in [0, 0.1) is 0 Å². The Labute approximate surface area is 144 Å². The highest BCUT2D eigenvalue weighted by Gasteiger charge is 2.13. The Kier molecular flexibility index (Phi) is 7.03. The molecule has 1 aromatic heterocycles. The Morgan fingerprint density at radius 3 is 2.68 bits per heavy atom. The standard InChI is InChI=1S/C17H18ClNOS2/c1-2-11-19(13-15-8-9-16(18)22-15)17(20)10-12-21-14-6-4-3-5-7-14/h2-9H,1,10-13H2. The molecule has 0 aliphatic heterocycles. The smallest absolute Gasteiger partial charge is 0.224 e. The van der Waals surface area contributed by atoms with Gasteiger partial charge in [0.1, 0.15) is 0 Å². The molecule has 0 aliphatic carbocycles. The summed E-state index contributed by atoms with van der Waals surface area (Å²) < 4.78 is 0.751. The van der Waals surface area contributed by atoms with Crippen LogP contribution in [0.15, 0.2) is 60.0 Å². The van der Waals surface area contributed by atoms with E-state index in [1.54, 1.807) is 17.8 Å². The lowest BCUT2D eigenvalue weighted by atomic mass is 10.3. The highest BCUT2D eigenvalue weighted by atomic mass is 35.5. The van der Waals surface area contributed by atoms with Crippen LogP contribution < -0.4 is 0 Å². The molecule has 0 bridgehead atoms. The fourth-order valence-corrected chi connectivity index (χ4v) is 3.93. The van der Waals surface area contributed by atoms with Crippen molar-refractivity contribution in [1.82, 2.24) is 4.90 Å². The van der Waals surface area contributed by atoms with Crippen LogP contribution in [0.5, 0.6) is 0 Å². The van der Waals surface area contributed by atoms with Gasteiger partial charge in [-0.15, -0.1) is 29.7 Å². The third-order valence-corrected chi connectivity index (χ3v) is 5.24. The van der Waals surface area contributed by atoms with Crippen molar-refractivity contribution >= 4 is 40.6 Å². The highest BCUT2D eigenvalue weighted by Crippen LogP contribution is 2.23. The normalized spacial score (nSPS) is 10.4. The number of nitrogens with zero attached hydrogens (tertiary/aromatic N) is 1. The summed E-state index contributed by atoms with van der Waals surface area (Å²) in [5.74, 6) is 0.926. The Balaban J connectivity index is 1.85. The maximum Gasteiger partial charge on any atom is 0.224 e. The monoisotopic (exact) mass is 351 g/mol. The number of amides is 1. The van der Waals surface area contributed by atoms with E-state index in [1.807, 2.05) is 35.2 Å². The number of thiophene rings is 1. The zero-order valence-corrected chi connectivity index (χ0v) is 14.6. The van der Waals surface area contributed by atoms with Gasteiger partial charge in [0.2, 0.25) is 5.91 Å². The average Bonchev–Trinajstić information content (AvgIpc) is 2.93. The summed E-state index contributed by atoms with van der Waals surface area (Å²) in [6, 6.07) is 14.0. The van der Waals surface area contributed by atoms with Crippen LogP contribution in [0.3, 0.4) is 0 Å². The summed E-state index contributed by atoms with van der Waals surface area (Å²) in [5.41, 5.74) is 0. The Morgan fingerprint density at radius 1 is 1.27 bits per heavy atom. The lowest BCUT2D eigenvalue weighted by molar-refractivity contribution is -0.130. The minimum Gasteiger partial charge on any atom is -0.334 e. The van der Waals surface area contributed by atoms with Crippen LogP contribution in [-0.2, 0) is 11.3 Å². The van der Waals surface area contributed by atoms with Crippen LogP contribution in [0.2, 0.25) is 4.34 Å². The van der Waals surface area contributed by atoms with Crippen molar-refractivity contribution in [2.24, 2.45) is 0 Å². The number of carbonyl (C=O) groups is 1. The zero-order chi connectivity index (χ0) is 15.8. The number of benzene rings is 1. The number of hydrogen-bond donors (Lipinski definition) is 0. The summed E-state index contributed by atoms with van der Waals surface area (Å²) in [7, 11) is 0. The van der Waals surface area contributed by atoms with Crippen LogP contribution >= 0.6 is 34.7 Å². The molecule has 1 aromatic carbocycles. The summed E-state index contributed by atoms with van der Waals surface area (Å²) >= 11 is 9.16. The van der Waals surface area contributed by atoms with Crippen molar-refractivity contribution in [3.63, 3.8) is 0 Å². The van der Waals surface area contributed by atoms with Gasteiger partial charge < -0.3 is 4.90 Å². The second kappa shape index (κ2) is 9.03. The van der Waals surface area contributed by atoms with Crippen molar-refractivity contribution in [1.29, 1.82) is 0 Å². The van der Waals surface area contributed by atoms with Gasteiger partial charge in [-0.05, 0) is 24.3 Å². The van der Waals surface area contributed by atoms with E-state index in [0.717, 1.165) is 15.0 Å². The first-order chi connectivity index (χ1) is 10.7. The third-order valence-electron chi connectivity index (χ3n) is 3.01. The SMILES string of the molecule is C=CCN(Cc1ccc(Cl)s1)C(=O)CCSc1ccccc1. The second-order valence-electron chi connectivity index (χ2n) is 4.68. The predicted molar refractivity (Wildman–Crippen MR) is 96.7 cm³/mol. The molecule has 5 heteroatoms. The molecule has 22 heavy (non-hydrogen) atoms. The molecule has 0 atom stereocenters. The molecule has 0 saturated carbocycles. The number of hydrogen-bond acceptors (Lipinski definition) is 3. The maximum absolute atomic E-state index is 12.4. The van der Waals surface area contributed by atoms with Gasteiger partial charge in [0.25, 0.3) is 0 Å². The van der Waals surface area contributed by atoms with E-state index in [1.165, 1.54) is 16.2 Å². The van der Waals surface area contributed by atoms with Gasteiger partial charge in [0.05, 0.1) is 10.9 Å². The molecule has 116 valence electrons. The predicted octanol–water partition coefficient (Wildman–Crippen LogP) is 5.10. The number of halogens is 1. The molecular weight excluding hydrogens is 334 g/mol. The van der Waals surface area contributed by atoms with Gasteiger partial charge in [0.15, 0.2) is 0 Å². The summed E-state index contributed by atoms with van der Waals surface area (Å²) in [6.45, 7) is 4.89. The van der Waals surface area contributed by atoms with Gasteiger partial charge in [-0.25, -0.2) is 0 Å². The van der Waals surface area contributed by atoms with E-state index in [0.29, 0.717) is 19.5 Å². The summed E-state index contributed by atoms with van der Waals surface area (Å²) in [5, 5.41) is 0. The van der Waals surface area contributed by atoms with Crippen molar-refractivity contribution in [2.75, 3.05) is 12.3 Å². The number of rotatable bonds is 8. The molecule has 0 unspecified atom stereocenters. The van der Waals surface area contributed by atoms with Gasteiger partial charge in [-0.2, -0.15) is 0 Å². The summed E-state index contributed by atoms with van der Waals surface area (Å²) in [4.78, 5) is 16.5. The minimum absolute atomic E-state index is 0.146. The van der Waals surface area contributed by atoms with Gasteiger partial charge in [-0.1, -0.05) is 35.9 Å². The van der Waals surface area contributed by atoms with E-state index >= 15 is 0 Å². The first-order valence-electron chi connectivity index (χ1n) is 7.00. The second-order valence-corrected chi connectivity index (χ2v) is 7.65.